The van der Waals surface area contributed by atoms with Crippen molar-refractivity contribution in [3.8, 4) is 0 Å². The zero-order valence-electron chi connectivity index (χ0n) is 14.6. The topological polar surface area (TPSA) is 40.6 Å². The average Bonchev–Trinajstić information content (AvgIpc) is 2.69. The highest BCUT2D eigenvalue weighted by Crippen LogP contribution is 2.19. The molecule has 0 aromatic heterocycles. The fraction of sp³-hybridized carbons (Fsp3) is 0.333. The highest BCUT2D eigenvalue weighted by Gasteiger charge is 2.21. The minimum Gasteiger partial charge on any atom is -0.339 e. The molecule has 130 valence electrons. The first-order valence-electron chi connectivity index (χ1n) is 8.97. The van der Waals surface area contributed by atoms with Gasteiger partial charge in [0.25, 0.3) is 11.8 Å². The van der Waals surface area contributed by atoms with Crippen molar-refractivity contribution in [1.29, 1.82) is 0 Å². The monoisotopic (exact) mass is 336 g/mol. The quantitative estimate of drug-likeness (QED) is 0.847. The number of piperidine rings is 1. The number of para-hydroxylation sites is 1. The van der Waals surface area contributed by atoms with Gasteiger partial charge < -0.3 is 9.80 Å². The number of rotatable bonds is 4. The van der Waals surface area contributed by atoms with Gasteiger partial charge in [0.15, 0.2) is 0 Å². The highest BCUT2D eigenvalue weighted by molar-refractivity contribution is 6.07. The first-order chi connectivity index (χ1) is 12.2. The van der Waals surface area contributed by atoms with E-state index in [0.717, 1.165) is 31.6 Å². The van der Waals surface area contributed by atoms with Crippen LogP contribution in [0.3, 0.4) is 0 Å². The van der Waals surface area contributed by atoms with E-state index in [9.17, 15) is 9.59 Å². The number of hydrogen-bond donors (Lipinski definition) is 0. The predicted molar refractivity (Wildman–Crippen MR) is 100.0 cm³/mol. The third-order valence-corrected chi connectivity index (χ3v) is 4.63. The molecule has 25 heavy (non-hydrogen) atoms. The number of nitrogens with zero attached hydrogens (tertiary/aromatic N) is 2. The van der Waals surface area contributed by atoms with Gasteiger partial charge >= 0.3 is 0 Å². The van der Waals surface area contributed by atoms with Crippen LogP contribution in [-0.2, 0) is 0 Å². The summed E-state index contributed by atoms with van der Waals surface area (Å²) in [4.78, 5) is 29.2. The summed E-state index contributed by atoms with van der Waals surface area (Å²) in [6.45, 7) is 4.14. The summed E-state index contributed by atoms with van der Waals surface area (Å²) in [6.07, 6.45) is 3.30. The van der Waals surface area contributed by atoms with E-state index in [1.807, 2.05) is 42.2 Å². The molecular weight excluding hydrogens is 312 g/mol. The number of carbonyl (C=O) groups excluding carboxylic acids is 2. The Hall–Kier alpha value is -2.62. The van der Waals surface area contributed by atoms with E-state index in [4.69, 9.17) is 0 Å². The first kappa shape index (κ1) is 17.2. The second-order valence-electron chi connectivity index (χ2n) is 6.32. The Morgan fingerprint density at radius 2 is 1.60 bits per heavy atom. The summed E-state index contributed by atoms with van der Waals surface area (Å²) in [6, 6.07) is 16.7. The molecule has 0 unspecified atom stereocenters. The Kier molecular flexibility index (Phi) is 5.49. The number of carbonyl (C=O) groups is 2. The van der Waals surface area contributed by atoms with E-state index >= 15 is 0 Å². The van der Waals surface area contributed by atoms with Crippen LogP contribution in [0, 0.1) is 0 Å². The van der Waals surface area contributed by atoms with Crippen molar-refractivity contribution in [1.82, 2.24) is 4.90 Å². The van der Waals surface area contributed by atoms with Gasteiger partial charge in [0.2, 0.25) is 0 Å². The first-order valence-corrected chi connectivity index (χ1v) is 8.97. The number of amides is 2. The fourth-order valence-corrected chi connectivity index (χ4v) is 3.27. The van der Waals surface area contributed by atoms with Gasteiger partial charge in [-0.05, 0) is 56.5 Å². The molecule has 0 N–H and O–H groups in total. The smallest absolute Gasteiger partial charge is 0.258 e. The van der Waals surface area contributed by atoms with Crippen LogP contribution in [-0.4, -0.2) is 36.3 Å². The Morgan fingerprint density at radius 1 is 0.920 bits per heavy atom. The van der Waals surface area contributed by atoms with Crippen molar-refractivity contribution in [2.45, 2.75) is 26.2 Å². The van der Waals surface area contributed by atoms with Crippen LogP contribution in [0.4, 0.5) is 5.69 Å². The Bertz CT molecular complexity index is 737. The number of benzene rings is 2. The Labute approximate surface area is 149 Å². The zero-order chi connectivity index (χ0) is 17.6. The lowest BCUT2D eigenvalue weighted by Gasteiger charge is -2.27. The van der Waals surface area contributed by atoms with Crippen LogP contribution in [0.15, 0.2) is 54.6 Å². The molecule has 0 radical (unpaired) electrons. The van der Waals surface area contributed by atoms with E-state index in [1.165, 1.54) is 6.42 Å². The maximum atomic E-state index is 12.9. The summed E-state index contributed by atoms with van der Waals surface area (Å²) >= 11 is 0. The van der Waals surface area contributed by atoms with Crippen molar-refractivity contribution >= 4 is 17.5 Å². The molecule has 0 atom stereocenters. The molecule has 1 fully saturated rings. The largest absolute Gasteiger partial charge is 0.339 e. The van der Waals surface area contributed by atoms with E-state index in [2.05, 4.69) is 0 Å². The van der Waals surface area contributed by atoms with E-state index in [0.29, 0.717) is 17.7 Å². The molecule has 1 aliphatic heterocycles. The van der Waals surface area contributed by atoms with E-state index < -0.39 is 0 Å². The second kappa shape index (κ2) is 7.97. The van der Waals surface area contributed by atoms with Crippen LogP contribution in [0.5, 0.6) is 0 Å². The predicted octanol–water partition coefficient (Wildman–Crippen LogP) is 3.98. The summed E-state index contributed by atoms with van der Waals surface area (Å²) in [5.74, 6) is -0.0564. The Morgan fingerprint density at radius 3 is 2.28 bits per heavy atom. The van der Waals surface area contributed by atoms with Crippen LogP contribution in [0.25, 0.3) is 0 Å². The summed E-state index contributed by atoms with van der Waals surface area (Å²) in [5, 5.41) is 0. The van der Waals surface area contributed by atoms with Gasteiger partial charge in [-0.15, -0.1) is 0 Å². The molecule has 0 saturated carbocycles. The van der Waals surface area contributed by atoms with Gasteiger partial charge in [0, 0.05) is 36.4 Å². The molecule has 2 aromatic carbocycles. The lowest BCUT2D eigenvalue weighted by atomic mass is 10.1. The molecule has 0 bridgehead atoms. The van der Waals surface area contributed by atoms with Gasteiger partial charge in [-0.2, -0.15) is 0 Å². The summed E-state index contributed by atoms with van der Waals surface area (Å²) in [5.41, 5.74) is 2.01. The summed E-state index contributed by atoms with van der Waals surface area (Å²) < 4.78 is 0. The van der Waals surface area contributed by atoms with Crippen molar-refractivity contribution < 1.29 is 9.59 Å². The third-order valence-electron chi connectivity index (χ3n) is 4.63. The van der Waals surface area contributed by atoms with Gasteiger partial charge in [-0.3, -0.25) is 9.59 Å². The summed E-state index contributed by atoms with van der Waals surface area (Å²) in [7, 11) is 0. The molecular formula is C21H24N2O2. The molecule has 1 saturated heterocycles. The van der Waals surface area contributed by atoms with Crippen LogP contribution in [0.2, 0.25) is 0 Å². The van der Waals surface area contributed by atoms with Crippen LogP contribution in [0.1, 0.15) is 46.9 Å². The maximum absolute atomic E-state index is 12.9. The van der Waals surface area contributed by atoms with Crippen molar-refractivity contribution in [2.75, 3.05) is 24.5 Å². The van der Waals surface area contributed by atoms with Gasteiger partial charge in [0.1, 0.15) is 0 Å². The second-order valence-corrected chi connectivity index (χ2v) is 6.32. The number of likely N-dealkylation sites (tertiary alicyclic amines) is 1. The molecule has 2 amide bonds. The minimum absolute atomic E-state index is 0.0251. The van der Waals surface area contributed by atoms with Crippen molar-refractivity contribution in [2.24, 2.45) is 0 Å². The minimum atomic E-state index is -0.0815. The van der Waals surface area contributed by atoms with Gasteiger partial charge in [-0.25, -0.2) is 0 Å². The third kappa shape index (κ3) is 3.90. The Balaban J connectivity index is 1.82. The molecule has 1 aliphatic rings. The maximum Gasteiger partial charge on any atom is 0.258 e. The van der Waals surface area contributed by atoms with Crippen LogP contribution >= 0.6 is 0 Å². The zero-order valence-corrected chi connectivity index (χ0v) is 14.6. The molecule has 1 heterocycles. The fourth-order valence-electron chi connectivity index (χ4n) is 3.27. The van der Waals surface area contributed by atoms with Crippen molar-refractivity contribution in [3.05, 3.63) is 65.7 Å². The molecule has 2 aromatic rings. The molecule has 0 spiro atoms. The standard InChI is InChI=1S/C21H24N2O2/c1-2-23(19-12-5-3-6-13-19)21(25)18-11-9-10-17(16-18)20(24)22-14-7-4-8-15-22/h3,5-6,9-13,16H,2,4,7-8,14-15H2,1H3. The van der Waals surface area contributed by atoms with Gasteiger partial charge in [0.05, 0.1) is 0 Å². The van der Waals surface area contributed by atoms with Crippen molar-refractivity contribution in [3.63, 3.8) is 0 Å². The number of anilines is 1. The lowest BCUT2D eigenvalue weighted by molar-refractivity contribution is 0.0724. The average molecular weight is 336 g/mol. The normalized spacial score (nSPS) is 14.2. The van der Waals surface area contributed by atoms with E-state index in [1.54, 1.807) is 29.2 Å². The molecule has 3 rings (SSSR count). The molecule has 4 nitrogen and oxygen atoms in total. The highest BCUT2D eigenvalue weighted by atomic mass is 16.2. The number of hydrogen-bond acceptors (Lipinski definition) is 2. The lowest BCUT2D eigenvalue weighted by Crippen LogP contribution is -2.36. The van der Waals surface area contributed by atoms with Crippen LogP contribution < -0.4 is 4.90 Å². The van der Waals surface area contributed by atoms with E-state index in [-0.39, 0.29) is 11.8 Å². The molecule has 4 heteroatoms. The SMILES string of the molecule is CCN(C(=O)c1cccc(C(=O)N2CCCCC2)c1)c1ccccc1. The van der Waals surface area contributed by atoms with Gasteiger partial charge in [-0.1, -0.05) is 24.3 Å². The molecule has 0 aliphatic carbocycles.